The highest BCUT2D eigenvalue weighted by Gasteiger charge is 2.56. The molecule has 112 valence electrons. The van der Waals surface area contributed by atoms with E-state index in [-0.39, 0.29) is 18.6 Å². The van der Waals surface area contributed by atoms with Gasteiger partial charge in [-0.1, -0.05) is 18.2 Å². The molecule has 2 amide bonds. The lowest BCUT2D eigenvalue weighted by atomic mass is 9.80. The molecule has 0 bridgehead atoms. The van der Waals surface area contributed by atoms with Crippen molar-refractivity contribution in [2.45, 2.75) is 36.8 Å². The maximum absolute atomic E-state index is 12.5. The molecule has 1 aromatic rings. The predicted molar refractivity (Wildman–Crippen MR) is 77.0 cm³/mol. The van der Waals surface area contributed by atoms with Gasteiger partial charge in [-0.2, -0.15) is 5.26 Å². The fraction of sp³-hybridized carbons (Fsp3) is 0.438. The van der Waals surface area contributed by atoms with Crippen molar-refractivity contribution < 1.29 is 14.3 Å². The van der Waals surface area contributed by atoms with Gasteiger partial charge in [0, 0.05) is 18.7 Å². The van der Waals surface area contributed by atoms with Crippen LogP contribution in [0, 0.1) is 11.3 Å². The normalized spacial score (nSPS) is 29.1. The van der Waals surface area contributed by atoms with Gasteiger partial charge in [0.25, 0.3) is 0 Å². The van der Waals surface area contributed by atoms with Crippen molar-refractivity contribution in [1.29, 1.82) is 5.26 Å². The molecule has 0 radical (unpaired) electrons. The Kier molecular flexibility index (Phi) is 2.67. The van der Waals surface area contributed by atoms with Gasteiger partial charge in [-0.3, -0.25) is 9.69 Å². The van der Waals surface area contributed by atoms with Crippen molar-refractivity contribution in [2.75, 3.05) is 11.9 Å². The van der Waals surface area contributed by atoms with E-state index >= 15 is 0 Å². The van der Waals surface area contributed by atoms with Crippen molar-refractivity contribution in [2.24, 2.45) is 0 Å². The molecule has 4 rings (SSSR count). The van der Waals surface area contributed by atoms with E-state index in [2.05, 4.69) is 11.4 Å². The Balaban J connectivity index is 1.68. The molecule has 2 heterocycles. The van der Waals surface area contributed by atoms with Crippen LogP contribution in [0.3, 0.4) is 0 Å². The fourth-order valence-electron chi connectivity index (χ4n) is 3.34. The molecule has 3 aliphatic rings. The first-order valence-electron chi connectivity index (χ1n) is 7.42. The van der Waals surface area contributed by atoms with Crippen molar-refractivity contribution in [3.8, 4) is 6.07 Å². The zero-order chi connectivity index (χ0) is 15.3. The van der Waals surface area contributed by atoms with E-state index in [1.165, 1.54) is 4.90 Å². The molecule has 1 saturated heterocycles. The molecule has 1 N–H and O–H groups in total. The van der Waals surface area contributed by atoms with Gasteiger partial charge < -0.3 is 10.1 Å². The van der Waals surface area contributed by atoms with Crippen molar-refractivity contribution in [3.63, 3.8) is 0 Å². The van der Waals surface area contributed by atoms with E-state index in [4.69, 9.17) is 4.74 Å². The molecule has 2 aliphatic heterocycles. The van der Waals surface area contributed by atoms with E-state index in [1.807, 2.05) is 24.3 Å². The molecule has 6 heteroatoms. The smallest absolute Gasteiger partial charge is 0.411 e. The number of nitrogens with one attached hydrogen (secondary N) is 1. The number of rotatable bonds is 1. The van der Waals surface area contributed by atoms with Gasteiger partial charge in [0.05, 0.1) is 11.5 Å². The highest BCUT2D eigenvalue weighted by atomic mass is 16.6. The average Bonchev–Trinajstić information content (AvgIpc) is 3.17. The first-order chi connectivity index (χ1) is 10.6. The summed E-state index contributed by atoms with van der Waals surface area (Å²) < 4.78 is 5.31. The highest BCUT2D eigenvalue weighted by molar-refractivity contribution is 6.07. The number of para-hydroxylation sites is 1. The van der Waals surface area contributed by atoms with Crippen LogP contribution < -0.4 is 5.32 Å². The molecule has 0 unspecified atom stereocenters. The predicted octanol–water partition coefficient (Wildman–Crippen LogP) is 1.77. The van der Waals surface area contributed by atoms with Gasteiger partial charge in [-0.05, 0) is 24.5 Å². The molecular weight excluding hydrogens is 282 g/mol. The van der Waals surface area contributed by atoms with Gasteiger partial charge in [-0.15, -0.1) is 0 Å². The second-order valence-corrected chi connectivity index (χ2v) is 6.14. The number of likely N-dealkylation sites (tertiary alicyclic amines) is 1. The number of amides is 2. The lowest BCUT2D eigenvalue weighted by Crippen LogP contribution is -2.40. The number of carbonyl (C=O) groups excluding carboxylic acids is 2. The van der Waals surface area contributed by atoms with Crippen LogP contribution in [0.2, 0.25) is 0 Å². The third-order valence-corrected chi connectivity index (χ3v) is 4.66. The van der Waals surface area contributed by atoms with E-state index in [1.54, 1.807) is 0 Å². The summed E-state index contributed by atoms with van der Waals surface area (Å²) in [5.74, 6) is -0.143. The second kappa shape index (κ2) is 4.47. The summed E-state index contributed by atoms with van der Waals surface area (Å²) in [5, 5.41) is 12.2. The number of benzene rings is 1. The first-order valence-corrected chi connectivity index (χ1v) is 7.42. The van der Waals surface area contributed by atoms with Crippen molar-refractivity contribution >= 4 is 17.7 Å². The summed E-state index contributed by atoms with van der Waals surface area (Å²) in [7, 11) is 0. The Morgan fingerprint density at radius 3 is 2.91 bits per heavy atom. The van der Waals surface area contributed by atoms with Crippen LogP contribution in [-0.2, 0) is 14.9 Å². The standard InChI is InChI=1S/C16H15N3O3/c17-8-10-7-16(9-19(10)15(21)22-11-5-6-11)12-3-1-2-4-13(12)18-14(16)20/h1-4,10-11H,5-7,9H2,(H,18,20)/t10-,16-/m0/s1. The number of anilines is 1. The van der Waals surface area contributed by atoms with E-state index in [0.29, 0.717) is 6.42 Å². The minimum atomic E-state index is -0.834. The molecule has 0 aromatic heterocycles. The van der Waals surface area contributed by atoms with E-state index < -0.39 is 17.6 Å². The number of hydrogen-bond acceptors (Lipinski definition) is 4. The Morgan fingerprint density at radius 1 is 1.41 bits per heavy atom. The Labute approximate surface area is 127 Å². The van der Waals surface area contributed by atoms with Crippen LogP contribution in [0.1, 0.15) is 24.8 Å². The van der Waals surface area contributed by atoms with Crippen LogP contribution in [0.15, 0.2) is 24.3 Å². The van der Waals surface area contributed by atoms with E-state index in [0.717, 1.165) is 24.1 Å². The van der Waals surface area contributed by atoms with Crippen molar-refractivity contribution in [3.05, 3.63) is 29.8 Å². The zero-order valence-electron chi connectivity index (χ0n) is 11.9. The average molecular weight is 297 g/mol. The van der Waals surface area contributed by atoms with Crippen LogP contribution >= 0.6 is 0 Å². The van der Waals surface area contributed by atoms with E-state index in [9.17, 15) is 14.9 Å². The Morgan fingerprint density at radius 2 is 2.18 bits per heavy atom. The van der Waals surface area contributed by atoms with Crippen molar-refractivity contribution in [1.82, 2.24) is 4.90 Å². The second-order valence-electron chi connectivity index (χ2n) is 6.14. The molecule has 22 heavy (non-hydrogen) atoms. The Hall–Kier alpha value is -2.55. The van der Waals surface area contributed by atoms with Crippen LogP contribution in [0.25, 0.3) is 0 Å². The number of fused-ring (bicyclic) bond motifs is 2. The van der Waals surface area contributed by atoms with Crippen LogP contribution in [-0.4, -0.2) is 35.6 Å². The molecule has 1 aromatic carbocycles. The molecule has 1 spiro atoms. The topological polar surface area (TPSA) is 82.4 Å². The Bertz CT molecular complexity index is 707. The summed E-state index contributed by atoms with van der Waals surface area (Å²) >= 11 is 0. The SMILES string of the molecule is N#C[C@@H]1C[C@@]2(CN1C(=O)OC1CC1)C(=O)Nc1ccccc12. The monoisotopic (exact) mass is 297 g/mol. The maximum atomic E-state index is 12.5. The minimum absolute atomic E-state index is 0.0203. The fourth-order valence-corrected chi connectivity index (χ4v) is 3.34. The highest BCUT2D eigenvalue weighted by Crippen LogP contribution is 2.46. The van der Waals surface area contributed by atoms with Gasteiger partial charge in [0.1, 0.15) is 12.1 Å². The number of nitriles is 1. The molecular formula is C16H15N3O3. The number of nitrogens with zero attached hydrogens (tertiary/aromatic N) is 2. The lowest BCUT2D eigenvalue weighted by molar-refractivity contribution is -0.120. The summed E-state index contributed by atoms with van der Waals surface area (Å²) in [4.78, 5) is 26.2. The summed E-state index contributed by atoms with van der Waals surface area (Å²) in [6, 6.07) is 8.95. The lowest BCUT2D eigenvalue weighted by Gasteiger charge is -2.22. The summed E-state index contributed by atoms with van der Waals surface area (Å²) in [6.45, 7) is 0.194. The van der Waals surface area contributed by atoms with Crippen LogP contribution in [0.4, 0.5) is 10.5 Å². The zero-order valence-corrected chi connectivity index (χ0v) is 11.9. The molecule has 6 nitrogen and oxygen atoms in total. The third kappa shape index (κ3) is 1.78. The van der Waals surface area contributed by atoms with Gasteiger partial charge >= 0.3 is 6.09 Å². The largest absolute Gasteiger partial charge is 0.446 e. The molecule has 1 saturated carbocycles. The maximum Gasteiger partial charge on any atom is 0.411 e. The summed E-state index contributed by atoms with van der Waals surface area (Å²) in [6.07, 6.45) is 1.57. The summed E-state index contributed by atoms with van der Waals surface area (Å²) in [5.41, 5.74) is 0.795. The minimum Gasteiger partial charge on any atom is -0.446 e. The molecule has 2 fully saturated rings. The molecule has 1 aliphatic carbocycles. The molecule has 2 atom stereocenters. The van der Waals surface area contributed by atoms with Gasteiger partial charge in [0.15, 0.2) is 0 Å². The quantitative estimate of drug-likeness (QED) is 0.856. The van der Waals surface area contributed by atoms with Gasteiger partial charge in [0.2, 0.25) is 5.91 Å². The van der Waals surface area contributed by atoms with Gasteiger partial charge in [-0.25, -0.2) is 4.79 Å². The first kappa shape index (κ1) is 13.1. The number of ether oxygens (including phenoxy) is 1. The number of hydrogen-bond donors (Lipinski definition) is 1. The van der Waals surface area contributed by atoms with Crippen LogP contribution in [0.5, 0.6) is 0 Å². The number of carbonyl (C=O) groups is 2. The third-order valence-electron chi connectivity index (χ3n) is 4.66.